The lowest BCUT2D eigenvalue weighted by Gasteiger charge is -2.25. The number of amides is 1. The SMILES string of the molecule is NC(=O)c1cccnc1N1C2CCC1C(C(=O)O)C2. The molecule has 0 spiro atoms. The van der Waals surface area contributed by atoms with Gasteiger partial charge in [0.25, 0.3) is 5.91 Å². The van der Waals surface area contributed by atoms with Gasteiger partial charge < -0.3 is 15.7 Å². The third kappa shape index (κ3) is 1.75. The maximum Gasteiger partial charge on any atom is 0.308 e. The smallest absolute Gasteiger partial charge is 0.308 e. The van der Waals surface area contributed by atoms with Crippen molar-refractivity contribution in [3.8, 4) is 0 Å². The van der Waals surface area contributed by atoms with Crippen molar-refractivity contribution in [1.29, 1.82) is 0 Å². The van der Waals surface area contributed by atoms with E-state index in [0.717, 1.165) is 12.8 Å². The number of aromatic nitrogens is 1. The highest BCUT2D eigenvalue weighted by molar-refractivity contribution is 5.98. The van der Waals surface area contributed by atoms with Gasteiger partial charge in [0.05, 0.1) is 11.5 Å². The minimum Gasteiger partial charge on any atom is -0.481 e. The number of hydrogen-bond donors (Lipinski definition) is 2. The van der Waals surface area contributed by atoms with Gasteiger partial charge in [-0.1, -0.05) is 0 Å². The molecule has 2 fully saturated rings. The van der Waals surface area contributed by atoms with Gasteiger partial charge in [0.15, 0.2) is 0 Å². The summed E-state index contributed by atoms with van der Waals surface area (Å²) in [7, 11) is 0. The Kier molecular flexibility index (Phi) is 2.66. The molecule has 2 aliphatic heterocycles. The summed E-state index contributed by atoms with van der Waals surface area (Å²) in [5.74, 6) is -1.14. The van der Waals surface area contributed by atoms with E-state index in [1.807, 2.05) is 4.90 Å². The van der Waals surface area contributed by atoms with E-state index in [1.54, 1.807) is 18.3 Å². The van der Waals surface area contributed by atoms with Gasteiger partial charge in [0, 0.05) is 18.3 Å². The van der Waals surface area contributed by atoms with Crippen LogP contribution in [0.3, 0.4) is 0 Å². The number of carbonyl (C=O) groups excluding carboxylic acids is 1. The van der Waals surface area contributed by atoms with Gasteiger partial charge in [0.2, 0.25) is 0 Å². The number of nitrogens with two attached hydrogens (primary N) is 1. The van der Waals surface area contributed by atoms with Crippen LogP contribution in [-0.4, -0.2) is 34.1 Å². The van der Waals surface area contributed by atoms with Gasteiger partial charge in [-0.15, -0.1) is 0 Å². The molecule has 1 aromatic rings. The second kappa shape index (κ2) is 4.22. The molecular weight excluding hydrogens is 246 g/mol. The zero-order chi connectivity index (χ0) is 13.6. The molecule has 0 aliphatic carbocycles. The van der Waals surface area contributed by atoms with Crippen LogP contribution in [-0.2, 0) is 4.79 Å². The van der Waals surface area contributed by atoms with Crippen LogP contribution in [0.4, 0.5) is 5.82 Å². The van der Waals surface area contributed by atoms with Gasteiger partial charge in [-0.25, -0.2) is 4.98 Å². The number of carboxylic acid groups (broad SMARTS) is 1. The average molecular weight is 261 g/mol. The molecule has 19 heavy (non-hydrogen) atoms. The summed E-state index contributed by atoms with van der Waals surface area (Å²) < 4.78 is 0. The highest BCUT2D eigenvalue weighted by Gasteiger charge is 2.50. The van der Waals surface area contributed by atoms with Crippen LogP contribution < -0.4 is 10.6 Å². The zero-order valence-corrected chi connectivity index (χ0v) is 10.3. The van der Waals surface area contributed by atoms with Crippen molar-refractivity contribution in [2.75, 3.05) is 4.90 Å². The van der Waals surface area contributed by atoms with Crippen molar-refractivity contribution in [2.24, 2.45) is 11.7 Å². The molecular formula is C13H15N3O3. The second-order valence-electron chi connectivity index (χ2n) is 5.13. The number of carboxylic acids is 1. The molecule has 3 heterocycles. The molecule has 3 rings (SSSR count). The average Bonchev–Trinajstić information content (AvgIpc) is 2.95. The molecule has 3 unspecified atom stereocenters. The molecule has 1 amide bonds. The fraction of sp³-hybridized carbons (Fsp3) is 0.462. The summed E-state index contributed by atoms with van der Waals surface area (Å²) in [4.78, 5) is 28.9. The molecule has 100 valence electrons. The Morgan fingerprint density at radius 3 is 2.84 bits per heavy atom. The predicted molar refractivity (Wildman–Crippen MR) is 67.8 cm³/mol. The Bertz CT molecular complexity index is 546. The van der Waals surface area contributed by atoms with Crippen molar-refractivity contribution in [2.45, 2.75) is 31.3 Å². The van der Waals surface area contributed by atoms with Crippen LogP contribution in [0.5, 0.6) is 0 Å². The zero-order valence-electron chi connectivity index (χ0n) is 10.3. The quantitative estimate of drug-likeness (QED) is 0.831. The summed E-state index contributed by atoms with van der Waals surface area (Å²) in [6.45, 7) is 0. The predicted octanol–water partition coefficient (Wildman–Crippen LogP) is 0.622. The van der Waals surface area contributed by atoms with E-state index in [9.17, 15) is 14.7 Å². The van der Waals surface area contributed by atoms with E-state index in [-0.39, 0.29) is 18.0 Å². The van der Waals surface area contributed by atoms with E-state index >= 15 is 0 Å². The van der Waals surface area contributed by atoms with E-state index in [4.69, 9.17) is 5.73 Å². The first-order chi connectivity index (χ1) is 9.09. The maximum atomic E-state index is 11.5. The molecule has 2 aliphatic rings. The Morgan fingerprint density at radius 2 is 2.21 bits per heavy atom. The molecule has 3 atom stereocenters. The number of carbonyl (C=O) groups is 2. The van der Waals surface area contributed by atoms with Gasteiger partial charge in [-0.3, -0.25) is 9.59 Å². The van der Waals surface area contributed by atoms with Crippen molar-refractivity contribution in [3.63, 3.8) is 0 Å². The van der Waals surface area contributed by atoms with Gasteiger partial charge in [-0.2, -0.15) is 0 Å². The molecule has 1 aromatic heterocycles. The van der Waals surface area contributed by atoms with Crippen molar-refractivity contribution in [1.82, 2.24) is 4.98 Å². The Balaban J connectivity index is 2.00. The molecule has 6 heteroatoms. The Labute approximate surface area is 110 Å². The largest absolute Gasteiger partial charge is 0.481 e. The number of nitrogens with zero attached hydrogens (tertiary/aromatic N) is 2. The first-order valence-electron chi connectivity index (χ1n) is 6.35. The number of anilines is 1. The van der Waals surface area contributed by atoms with Gasteiger partial charge in [-0.05, 0) is 31.4 Å². The summed E-state index contributed by atoms with van der Waals surface area (Å²) in [5.41, 5.74) is 5.73. The Morgan fingerprint density at radius 1 is 1.42 bits per heavy atom. The van der Waals surface area contributed by atoms with Crippen LogP contribution in [0.25, 0.3) is 0 Å². The minimum atomic E-state index is -0.770. The van der Waals surface area contributed by atoms with Crippen LogP contribution in [0.1, 0.15) is 29.6 Å². The monoisotopic (exact) mass is 261 g/mol. The van der Waals surface area contributed by atoms with E-state index < -0.39 is 11.9 Å². The second-order valence-corrected chi connectivity index (χ2v) is 5.13. The van der Waals surface area contributed by atoms with E-state index in [2.05, 4.69) is 4.98 Å². The molecule has 0 radical (unpaired) electrons. The topological polar surface area (TPSA) is 96.5 Å². The summed E-state index contributed by atoms with van der Waals surface area (Å²) in [6, 6.07) is 3.38. The van der Waals surface area contributed by atoms with Gasteiger partial charge in [0.1, 0.15) is 5.82 Å². The van der Waals surface area contributed by atoms with Crippen molar-refractivity contribution in [3.05, 3.63) is 23.9 Å². The molecule has 2 saturated heterocycles. The third-order valence-corrected chi connectivity index (χ3v) is 4.15. The van der Waals surface area contributed by atoms with Crippen LogP contribution >= 0.6 is 0 Å². The normalized spacial score (nSPS) is 28.6. The lowest BCUT2D eigenvalue weighted by Crippen LogP contribution is -2.35. The van der Waals surface area contributed by atoms with Gasteiger partial charge >= 0.3 is 5.97 Å². The van der Waals surface area contributed by atoms with E-state index in [1.165, 1.54) is 0 Å². The lowest BCUT2D eigenvalue weighted by atomic mass is 9.89. The Hall–Kier alpha value is -2.11. The number of pyridine rings is 1. The maximum absolute atomic E-state index is 11.5. The van der Waals surface area contributed by atoms with Crippen LogP contribution in [0.2, 0.25) is 0 Å². The highest BCUT2D eigenvalue weighted by atomic mass is 16.4. The molecule has 0 saturated carbocycles. The molecule has 0 aromatic carbocycles. The molecule has 6 nitrogen and oxygen atoms in total. The van der Waals surface area contributed by atoms with Crippen molar-refractivity contribution >= 4 is 17.7 Å². The fourth-order valence-electron chi connectivity index (χ4n) is 3.38. The van der Waals surface area contributed by atoms with Crippen molar-refractivity contribution < 1.29 is 14.7 Å². The number of fused-ring (bicyclic) bond motifs is 2. The highest BCUT2D eigenvalue weighted by Crippen LogP contribution is 2.44. The lowest BCUT2D eigenvalue weighted by molar-refractivity contribution is -0.142. The fourth-order valence-corrected chi connectivity index (χ4v) is 3.38. The first-order valence-corrected chi connectivity index (χ1v) is 6.35. The summed E-state index contributed by atoms with van der Waals surface area (Å²) >= 11 is 0. The first kappa shape index (κ1) is 12.0. The number of rotatable bonds is 3. The van der Waals surface area contributed by atoms with Crippen LogP contribution in [0, 0.1) is 5.92 Å². The number of hydrogen-bond acceptors (Lipinski definition) is 4. The minimum absolute atomic E-state index is 0.0736. The standard InChI is InChI=1S/C13H15N3O3/c14-11(17)8-2-1-5-15-12(8)16-7-3-4-10(16)9(6-7)13(18)19/h1-2,5,7,9-10H,3-4,6H2,(H2,14,17)(H,18,19). The van der Waals surface area contributed by atoms with E-state index in [0.29, 0.717) is 17.8 Å². The van der Waals surface area contributed by atoms with Crippen LogP contribution in [0.15, 0.2) is 18.3 Å². The number of primary amides is 1. The number of aliphatic carboxylic acids is 1. The molecule has 3 N–H and O–H groups in total. The summed E-state index contributed by atoms with van der Waals surface area (Å²) in [5, 5.41) is 9.24. The summed E-state index contributed by atoms with van der Waals surface area (Å²) in [6.07, 6.45) is 4.00. The molecule has 2 bridgehead atoms. The third-order valence-electron chi connectivity index (χ3n) is 4.15.